The van der Waals surface area contributed by atoms with Crippen molar-refractivity contribution in [2.24, 2.45) is 0 Å². The highest BCUT2D eigenvalue weighted by molar-refractivity contribution is 5.35. The summed E-state index contributed by atoms with van der Waals surface area (Å²) < 4.78 is 76.5. The van der Waals surface area contributed by atoms with Crippen molar-refractivity contribution in [1.82, 2.24) is 4.98 Å². The Morgan fingerprint density at radius 1 is 1.26 bits per heavy atom. The number of nitriles is 1. The van der Waals surface area contributed by atoms with E-state index in [1.165, 1.54) is 6.07 Å². The molecule has 0 saturated heterocycles. The summed E-state index contributed by atoms with van der Waals surface area (Å²) in [4.78, 5) is 12.9. The Morgan fingerprint density at radius 2 is 1.84 bits per heavy atom. The average Bonchev–Trinajstić information content (AvgIpc) is 2.18. The number of hydrogen-bond acceptors (Lipinski definition) is 3. The first-order valence-electron chi connectivity index (χ1n) is 4.50. The fraction of sp³-hybridized carbons (Fsp3) is 0.333. The predicted molar refractivity (Wildman–Crippen MR) is 48.1 cm³/mol. The second kappa shape index (κ2) is 4.83. The molecule has 0 aromatic carbocycles. The van der Waals surface area contributed by atoms with Crippen LogP contribution in [0.1, 0.15) is 11.3 Å². The molecule has 104 valence electrons. The highest BCUT2D eigenvalue weighted by Gasteiger charge is 2.41. The topological polar surface area (TPSA) is 65.9 Å². The zero-order valence-electron chi connectivity index (χ0n) is 8.82. The number of pyridine rings is 1. The molecule has 10 heteroatoms. The Hall–Kier alpha value is -2.18. The van der Waals surface area contributed by atoms with Gasteiger partial charge < -0.3 is 9.72 Å². The molecule has 1 aromatic rings. The Balaban J connectivity index is 3.45. The van der Waals surface area contributed by atoms with Crippen molar-refractivity contribution in [1.29, 1.82) is 5.26 Å². The minimum atomic E-state index is -5.44. The Labute approximate surface area is 101 Å². The highest BCUT2D eigenvalue weighted by Crippen LogP contribution is 2.36. The number of halogens is 6. The van der Waals surface area contributed by atoms with Crippen molar-refractivity contribution in [3.63, 3.8) is 0 Å². The molecule has 0 bridgehead atoms. The lowest BCUT2D eigenvalue weighted by molar-refractivity contribution is -0.276. The van der Waals surface area contributed by atoms with Gasteiger partial charge in [-0.2, -0.15) is 18.4 Å². The van der Waals surface area contributed by atoms with Gasteiger partial charge in [-0.1, -0.05) is 0 Å². The molecule has 0 saturated carbocycles. The minimum Gasteiger partial charge on any atom is -0.399 e. The van der Waals surface area contributed by atoms with Crippen LogP contribution in [0.25, 0.3) is 0 Å². The average molecular weight is 286 g/mol. The third kappa shape index (κ3) is 3.90. The van der Waals surface area contributed by atoms with Gasteiger partial charge in [0.05, 0.1) is 12.5 Å². The van der Waals surface area contributed by atoms with Crippen molar-refractivity contribution >= 4 is 0 Å². The summed E-state index contributed by atoms with van der Waals surface area (Å²) in [5, 5.41) is 8.30. The van der Waals surface area contributed by atoms with Crippen LogP contribution in [0.4, 0.5) is 26.3 Å². The molecule has 1 aromatic heterocycles. The van der Waals surface area contributed by atoms with E-state index in [1.807, 2.05) is 0 Å². The molecule has 0 spiro atoms. The summed E-state index contributed by atoms with van der Waals surface area (Å²) in [6.45, 7) is 0. The molecular weight excluding hydrogens is 282 g/mol. The first kappa shape index (κ1) is 14.9. The summed E-state index contributed by atoms with van der Waals surface area (Å²) >= 11 is 0. The molecule has 0 aliphatic carbocycles. The van der Waals surface area contributed by atoms with Crippen molar-refractivity contribution in [2.45, 2.75) is 19.0 Å². The van der Waals surface area contributed by atoms with Crippen LogP contribution in [0.2, 0.25) is 0 Å². The number of rotatable bonds is 2. The van der Waals surface area contributed by atoms with Crippen LogP contribution in [-0.2, 0) is 12.6 Å². The summed E-state index contributed by atoms with van der Waals surface area (Å²) in [5.41, 5.74) is -4.06. The molecule has 19 heavy (non-hydrogen) atoms. The van der Waals surface area contributed by atoms with E-state index in [0.717, 1.165) is 0 Å². The van der Waals surface area contributed by atoms with Gasteiger partial charge in [0.1, 0.15) is 5.56 Å². The molecule has 0 atom stereocenters. The number of nitrogens with zero attached hydrogens (tertiary/aromatic N) is 1. The lowest BCUT2D eigenvalue weighted by Gasteiger charge is -2.15. The Bertz CT molecular complexity index is 566. The monoisotopic (exact) mass is 286 g/mol. The zero-order valence-corrected chi connectivity index (χ0v) is 8.82. The van der Waals surface area contributed by atoms with Crippen LogP contribution in [0, 0.1) is 11.3 Å². The maximum Gasteiger partial charge on any atom is 0.573 e. The quantitative estimate of drug-likeness (QED) is 0.849. The van der Waals surface area contributed by atoms with Crippen LogP contribution < -0.4 is 10.3 Å². The predicted octanol–water partition coefficient (Wildman–Crippen LogP) is 2.36. The van der Waals surface area contributed by atoms with Gasteiger partial charge in [-0.3, -0.25) is 4.79 Å². The molecule has 1 rings (SSSR count). The van der Waals surface area contributed by atoms with Crippen LogP contribution in [0.15, 0.2) is 10.9 Å². The molecule has 0 radical (unpaired) electrons. The van der Waals surface area contributed by atoms with Gasteiger partial charge in [0.15, 0.2) is 0 Å². The van der Waals surface area contributed by atoms with Crippen molar-refractivity contribution in [3.8, 4) is 11.8 Å². The molecule has 1 N–H and O–H groups in total. The van der Waals surface area contributed by atoms with E-state index in [0.29, 0.717) is 0 Å². The summed E-state index contributed by atoms with van der Waals surface area (Å²) in [6, 6.07) is 1.68. The van der Waals surface area contributed by atoms with Crippen LogP contribution in [0.3, 0.4) is 0 Å². The fourth-order valence-corrected chi connectivity index (χ4v) is 1.21. The number of aromatic amines is 1. The van der Waals surface area contributed by atoms with Gasteiger partial charge in [0, 0.05) is 5.69 Å². The minimum absolute atomic E-state index is 0.228. The maximum atomic E-state index is 12.5. The normalized spacial score (nSPS) is 12.1. The van der Waals surface area contributed by atoms with Crippen molar-refractivity contribution < 1.29 is 31.1 Å². The zero-order chi connectivity index (χ0) is 14.8. The van der Waals surface area contributed by atoms with E-state index in [9.17, 15) is 31.1 Å². The number of aromatic nitrogens is 1. The molecule has 0 fully saturated rings. The first-order valence-corrected chi connectivity index (χ1v) is 4.50. The smallest absolute Gasteiger partial charge is 0.399 e. The Kier molecular flexibility index (Phi) is 3.78. The van der Waals surface area contributed by atoms with Crippen LogP contribution in [0.5, 0.6) is 5.75 Å². The summed E-state index contributed by atoms with van der Waals surface area (Å²) in [5.74, 6) is -1.90. The van der Waals surface area contributed by atoms with E-state index >= 15 is 0 Å². The maximum absolute atomic E-state index is 12.5. The lowest BCUT2D eigenvalue weighted by Crippen LogP contribution is -2.27. The van der Waals surface area contributed by atoms with Gasteiger partial charge in [-0.15, -0.1) is 13.2 Å². The van der Waals surface area contributed by atoms with E-state index in [4.69, 9.17) is 5.26 Å². The molecule has 4 nitrogen and oxygen atoms in total. The molecule has 1 heterocycles. The Morgan fingerprint density at radius 3 is 2.26 bits per heavy atom. The third-order valence-corrected chi connectivity index (χ3v) is 1.84. The number of hydrogen-bond donors (Lipinski definition) is 1. The van der Waals surface area contributed by atoms with Gasteiger partial charge in [-0.05, 0) is 6.07 Å². The SMILES string of the molecule is N#CCc1cc(C(F)(F)F)c(OC(F)(F)F)c(=O)[nH]1. The lowest BCUT2D eigenvalue weighted by atomic mass is 10.1. The van der Waals surface area contributed by atoms with Crippen molar-refractivity contribution in [2.75, 3.05) is 0 Å². The van der Waals surface area contributed by atoms with E-state index in [1.54, 1.807) is 4.98 Å². The van der Waals surface area contributed by atoms with E-state index in [-0.39, 0.29) is 6.07 Å². The summed E-state index contributed by atoms with van der Waals surface area (Å²) in [6.07, 6.45) is -11.3. The van der Waals surface area contributed by atoms with Gasteiger partial charge >= 0.3 is 12.5 Å². The van der Waals surface area contributed by atoms with E-state index < -0.39 is 41.5 Å². The standard InChI is InChI=1S/C9H4F6N2O2/c10-8(11,12)5-3-4(1-2-16)17-7(18)6(5)19-9(13,14)15/h3H,1H2,(H,17,18). The van der Waals surface area contributed by atoms with Crippen molar-refractivity contribution in [3.05, 3.63) is 27.7 Å². The van der Waals surface area contributed by atoms with Crippen LogP contribution >= 0.6 is 0 Å². The molecule has 0 aliphatic rings. The van der Waals surface area contributed by atoms with Gasteiger partial charge in [0.2, 0.25) is 5.75 Å². The summed E-state index contributed by atoms with van der Waals surface area (Å²) in [7, 11) is 0. The van der Waals surface area contributed by atoms with Gasteiger partial charge in [0.25, 0.3) is 5.56 Å². The molecule has 0 aliphatic heterocycles. The molecular formula is C9H4F6N2O2. The molecule has 0 unspecified atom stereocenters. The first-order chi connectivity index (χ1) is 8.54. The second-order valence-corrected chi connectivity index (χ2v) is 3.25. The van der Waals surface area contributed by atoms with Gasteiger partial charge in [-0.25, -0.2) is 0 Å². The second-order valence-electron chi connectivity index (χ2n) is 3.25. The fourth-order valence-electron chi connectivity index (χ4n) is 1.21. The molecule has 0 amide bonds. The number of alkyl halides is 6. The number of H-pyrrole nitrogens is 1. The van der Waals surface area contributed by atoms with E-state index in [2.05, 4.69) is 4.74 Å². The third-order valence-electron chi connectivity index (χ3n) is 1.84. The number of ether oxygens (including phenoxy) is 1. The highest BCUT2D eigenvalue weighted by atomic mass is 19.4. The van der Waals surface area contributed by atoms with Crippen LogP contribution in [-0.4, -0.2) is 11.3 Å². The largest absolute Gasteiger partial charge is 0.573 e. The number of nitrogens with one attached hydrogen (secondary N) is 1.